The standard InChI is InChI=1S/C24H25NO4S/c1-18-4-15-23(16-5-18)30(26,27)25-24(20-9-13-22(29-3)14-10-20)17-8-19-6-11-21(28-2)12-7-19/h4-17,24-25H,1-3H3/b17-8+. The average Bonchev–Trinajstić information content (AvgIpc) is 2.77. The zero-order chi connectivity index (χ0) is 21.6. The van der Waals surface area contributed by atoms with E-state index >= 15 is 0 Å². The number of aryl methyl sites for hydroxylation is 1. The smallest absolute Gasteiger partial charge is 0.241 e. The molecule has 0 fully saturated rings. The van der Waals surface area contributed by atoms with Crippen LogP contribution in [0, 0.1) is 6.92 Å². The Hall–Kier alpha value is -3.09. The van der Waals surface area contributed by atoms with Crippen molar-refractivity contribution in [3.8, 4) is 11.5 Å². The molecule has 5 nitrogen and oxygen atoms in total. The Morgan fingerprint density at radius 3 is 1.87 bits per heavy atom. The van der Waals surface area contributed by atoms with Gasteiger partial charge in [0, 0.05) is 0 Å². The van der Waals surface area contributed by atoms with Crippen LogP contribution in [0.2, 0.25) is 0 Å². The second-order valence-corrected chi connectivity index (χ2v) is 8.53. The van der Waals surface area contributed by atoms with E-state index < -0.39 is 16.1 Å². The first-order valence-electron chi connectivity index (χ1n) is 9.46. The van der Waals surface area contributed by atoms with Crippen LogP contribution in [-0.4, -0.2) is 22.6 Å². The van der Waals surface area contributed by atoms with Gasteiger partial charge in [-0.15, -0.1) is 0 Å². The van der Waals surface area contributed by atoms with Crippen molar-refractivity contribution in [2.24, 2.45) is 0 Å². The summed E-state index contributed by atoms with van der Waals surface area (Å²) in [5, 5.41) is 0. The third kappa shape index (κ3) is 5.49. The number of ether oxygens (including phenoxy) is 2. The van der Waals surface area contributed by atoms with Crippen molar-refractivity contribution in [3.05, 3.63) is 95.6 Å². The lowest BCUT2D eigenvalue weighted by Crippen LogP contribution is -2.27. The summed E-state index contributed by atoms with van der Waals surface area (Å²) in [5.74, 6) is 1.47. The predicted octanol–water partition coefficient (Wildman–Crippen LogP) is 4.75. The van der Waals surface area contributed by atoms with Crippen molar-refractivity contribution < 1.29 is 17.9 Å². The molecule has 1 unspecified atom stereocenters. The normalized spacial score (nSPS) is 12.6. The Labute approximate surface area is 178 Å². The van der Waals surface area contributed by atoms with Gasteiger partial charge >= 0.3 is 0 Å². The SMILES string of the molecule is COc1ccc(/C=C/C(NS(=O)(=O)c2ccc(C)cc2)c2ccc(OC)cc2)cc1. The summed E-state index contributed by atoms with van der Waals surface area (Å²) in [4.78, 5) is 0.226. The van der Waals surface area contributed by atoms with Gasteiger partial charge in [-0.25, -0.2) is 8.42 Å². The van der Waals surface area contributed by atoms with E-state index in [4.69, 9.17) is 9.47 Å². The molecule has 0 amide bonds. The van der Waals surface area contributed by atoms with E-state index in [9.17, 15) is 8.42 Å². The molecule has 3 rings (SSSR count). The summed E-state index contributed by atoms with van der Waals surface area (Å²) in [6.07, 6.45) is 3.71. The molecule has 0 aliphatic carbocycles. The maximum atomic E-state index is 13.0. The molecule has 0 bridgehead atoms. The second kappa shape index (κ2) is 9.61. The molecule has 0 aromatic heterocycles. The van der Waals surface area contributed by atoms with E-state index in [1.54, 1.807) is 38.5 Å². The molecule has 3 aromatic carbocycles. The first kappa shape index (κ1) is 21.6. The van der Waals surface area contributed by atoms with Crippen LogP contribution < -0.4 is 14.2 Å². The molecule has 0 aliphatic rings. The molecule has 0 aliphatic heterocycles. The number of nitrogens with one attached hydrogen (secondary N) is 1. The van der Waals surface area contributed by atoms with Gasteiger partial charge in [0.2, 0.25) is 10.0 Å². The Bertz CT molecular complexity index is 1090. The Morgan fingerprint density at radius 1 is 0.800 bits per heavy atom. The minimum Gasteiger partial charge on any atom is -0.497 e. The third-order valence-corrected chi connectivity index (χ3v) is 6.14. The molecule has 0 saturated heterocycles. The molecule has 0 saturated carbocycles. The van der Waals surface area contributed by atoms with E-state index in [2.05, 4.69) is 4.72 Å². The summed E-state index contributed by atoms with van der Waals surface area (Å²) in [7, 11) is -0.499. The minimum atomic E-state index is -3.71. The number of rotatable bonds is 8. The van der Waals surface area contributed by atoms with E-state index in [0.29, 0.717) is 5.75 Å². The quantitative estimate of drug-likeness (QED) is 0.568. The second-order valence-electron chi connectivity index (χ2n) is 6.82. The summed E-state index contributed by atoms with van der Waals surface area (Å²) in [5.41, 5.74) is 2.74. The van der Waals surface area contributed by atoms with Gasteiger partial charge in [-0.3, -0.25) is 0 Å². The van der Waals surface area contributed by atoms with E-state index in [1.807, 2.05) is 67.6 Å². The highest BCUT2D eigenvalue weighted by Gasteiger charge is 2.19. The van der Waals surface area contributed by atoms with Crippen molar-refractivity contribution in [1.29, 1.82) is 0 Å². The molecule has 1 atom stereocenters. The fourth-order valence-corrected chi connectivity index (χ4v) is 4.08. The highest BCUT2D eigenvalue weighted by molar-refractivity contribution is 7.89. The number of hydrogen-bond donors (Lipinski definition) is 1. The lowest BCUT2D eigenvalue weighted by molar-refractivity contribution is 0.414. The van der Waals surface area contributed by atoms with Gasteiger partial charge in [-0.2, -0.15) is 4.72 Å². The first-order chi connectivity index (χ1) is 14.4. The Balaban J connectivity index is 1.91. The van der Waals surface area contributed by atoms with Crippen LogP contribution in [0.5, 0.6) is 11.5 Å². The van der Waals surface area contributed by atoms with Gasteiger partial charge in [0.15, 0.2) is 0 Å². The van der Waals surface area contributed by atoms with Crippen LogP contribution in [-0.2, 0) is 10.0 Å². The Morgan fingerprint density at radius 2 is 1.33 bits per heavy atom. The fourth-order valence-electron chi connectivity index (χ4n) is 2.90. The molecular formula is C24H25NO4S. The maximum Gasteiger partial charge on any atom is 0.241 e. The van der Waals surface area contributed by atoms with Crippen LogP contribution in [0.15, 0.2) is 83.8 Å². The Kier molecular flexibility index (Phi) is 6.92. The van der Waals surface area contributed by atoms with Crippen LogP contribution in [0.25, 0.3) is 6.08 Å². The van der Waals surface area contributed by atoms with E-state index in [0.717, 1.165) is 22.4 Å². The van der Waals surface area contributed by atoms with Crippen molar-refractivity contribution in [1.82, 2.24) is 4.72 Å². The van der Waals surface area contributed by atoms with Crippen LogP contribution in [0.3, 0.4) is 0 Å². The number of methoxy groups -OCH3 is 2. The predicted molar refractivity (Wildman–Crippen MR) is 119 cm³/mol. The average molecular weight is 424 g/mol. The molecule has 0 radical (unpaired) electrons. The number of hydrogen-bond acceptors (Lipinski definition) is 4. The lowest BCUT2D eigenvalue weighted by atomic mass is 10.1. The lowest BCUT2D eigenvalue weighted by Gasteiger charge is -2.17. The topological polar surface area (TPSA) is 64.6 Å². The third-order valence-electron chi connectivity index (χ3n) is 4.69. The summed E-state index contributed by atoms with van der Waals surface area (Å²) in [6, 6.07) is 21.1. The van der Waals surface area contributed by atoms with Gasteiger partial charge in [0.05, 0.1) is 25.2 Å². The van der Waals surface area contributed by atoms with Crippen molar-refractivity contribution >= 4 is 16.1 Å². The molecule has 3 aromatic rings. The minimum absolute atomic E-state index is 0.226. The van der Waals surface area contributed by atoms with Gasteiger partial charge < -0.3 is 9.47 Å². The van der Waals surface area contributed by atoms with Gasteiger partial charge in [-0.1, -0.05) is 54.1 Å². The number of sulfonamides is 1. The molecular weight excluding hydrogens is 398 g/mol. The highest BCUT2D eigenvalue weighted by atomic mass is 32.2. The monoisotopic (exact) mass is 423 g/mol. The van der Waals surface area contributed by atoms with E-state index in [-0.39, 0.29) is 4.90 Å². The summed E-state index contributed by atoms with van der Waals surface area (Å²) < 4.78 is 39.1. The van der Waals surface area contributed by atoms with E-state index in [1.165, 1.54) is 0 Å². The maximum absolute atomic E-state index is 13.0. The van der Waals surface area contributed by atoms with Crippen molar-refractivity contribution in [3.63, 3.8) is 0 Å². The molecule has 1 N–H and O–H groups in total. The van der Waals surface area contributed by atoms with Crippen molar-refractivity contribution in [2.75, 3.05) is 14.2 Å². The summed E-state index contributed by atoms with van der Waals surface area (Å²) >= 11 is 0. The zero-order valence-electron chi connectivity index (χ0n) is 17.2. The van der Waals surface area contributed by atoms with Gasteiger partial charge in [0.25, 0.3) is 0 Å². The molecule has 0 spiro atoms. The molecule has 30 heavy (non-hydrogen) atoms. The molecule has 156 valence electrons. The highest BCUT2D eigenvalue weighted by Crippen LogP contribution is 2.23. The fraction of sp³-hybridized carbons (Fsp3) is 0.167. The summed E-state index contributed by atoms with van der Waals surface area (Å²) in [6.45, 7) is 1.92. The van der Waals surface area contributed by atoms with Crippen LogP contribution >= 0.6 is 0 Å². The first-order valence-corrected chi connectivity index (χ1v) is 10.9. The largest absolute Gasteiger partial charge is 0.497 e. The van der Waals surface area contributed by atoms with Crippen molar-refractivity contribution in [2.45, 2.75) is 17.9 Å². The van der Waals surface area contributed by atoms with Gasteiger partial charge in [-0.05, 0) is 54.4 Å². The molecule has 6 heteroatoms. The van der Waals surface area contributed by atoms with Crippen LogP contribution in [0.1, 0.15) is 22.7 Å². The van der Waals surface area contributed by atoms with Gasteiger partial charge in [0.1, 0.15) is 11.5 Å². The number of benzene rings is 3. The molecule has 0 heterocycles. The van der Waals surface area contributed by atoms with Crippen LogP contribution in [0.4, 0.5) is 0 Å². The zero-order valence-corrected chi connectivity index (χ0v) is 18.0.